The summed E-state index contributed by atoms with van der Waals surface area (Å²) >= 11 is 0. The van der Waals surface area contributed by atoms with Gasteiger partial charge in [-0.2, -0.15) is 0 Å². The van der Waals surface area contributed by atoms with E-state index in [2.05, 4.69) is 0 Å². The highest BCUT2D eigenvalue weighted by Crippen LogP contribution is 2.43. The smallest absolute Gasteiger partial charge is 0.316 e. The molecule has 0 aliphatic carbocycles. The summed E-state index contributed by atoms with van der Waals surface area (Å²) in [6.45, 7) is 12.4. The summed E-state index contributed by atoms with van der Waals surface area (Å²) in [7, 11) is 5.15. The van der Waals surface area contributed by atoms with Crippen molar-refractivity contribution >= 4 is 11.8 Å². The van der Waals surface area contributed by atoms with Crippen molar-refractivity contribution in [3.8, 4) is 0 Å². The van der Waals surface area contributed by atoms with Gasteiger partial charge >= 0.3 is 5.97 Å². The van der Waals surface area contributed by atoms with E-state index in [-0.39, 0.29) is 31.4 Å². The maximum absolute atomic E-state index is 13.9. The van der Waals surface area contributed by atoms with E-state index < -0.39 is 89.5 Å². The van der Waals surface area contributed by atoms with Gasteiger partial charge in [-0.05, 0) is 80.3 Å². The molecular weight excluding hydrogens is 574 g/mol. The molecular formula is C32H59NO11. The van der Waals surface area contributed by atoms with E-state index in [1.807, 2.05) is 25.9 Å². The fraction of sp³-hybridized carbons (Fsp3) is 0.938. The number of Topliss-reactive ketones (excluding diaryl/α,β-unsaturated/α-hetero) is 1. The topological polar surface area (TPSA) is 175 Å². The Bertz CT molecular complexity index is 958. The maximum atomic E-state index is 13.9. The monoisotopic (exact) mass is 633 g/mol. The van der Waals surface area contributed by atoms with Gasteiger partial charge in [0.2, 0.25) is 0 Å². The molecule has 44 heavy (non-hydrogen) atoms. The van der Waals surface area contributed by atoms with Crippen molar-refractivity contribution in [3.63, 3.8) is 0 Å². The second kappa shape index (κ2) is 15.1. The molecule has 3 unspecified atom stereocenters. The van der Waals surface area contributed by atoms with E-state index >= 15 is 0 Å². The van der Waals surface area contributed by atoms with Crippen molar-refractivity contribution in [2.45, 2.75) is 141 Å². The molecule has 0 bridgehead atoms. The van der Waals surface area contributed by atoms with Gasteiger partial charge in [0.1, 0.15) is 23.7 Å². The SMILES string of the molecule is CC[C@H]1OC(=O)C(C)C(=O)[C@H](C)[C@@H](O[C@@H]2O[C@H](C)C[C@H](N(C)C)[C@H]2O)[C@](C)(OC)C[C@@H](C)C(O)C(C)(O)[C@@H](CCO)[C@]1(C)O. The Morgan fingerprint density at radius 2 is 1.61 bits per heavy atom. The summed E-state index contributed by atoms with van der Waals surface area (Å²) in [5.74, 6) is -5.40. The average molecular weight is 634 g/mol. The number of aliphatic hydroxyl groups excluding tert-OH is 3. The first-order valence-electron chi connectivity index (χ1n) is 15.9. The molecule has 12 nitrogen and oxygen atoms in total. The van der Waals surface area contributed by atoms with Gasteiger partial charge in [-0.15, -0.1) is 0 Å². The Hall–Kier alpha value is -1.22. The summed E-state index contributed by atoms with van der Waals surface area (Å²) in [4.78, 5) is 29.2. The molecule has 258 valence electrons. The van der Waals surface area contributed by atoms with Crippen molar-refractivity contribution in [3.05, 3.63) is 0 Å². The number of hydrogen-bond donors (Lipinski definition) is 5. The van der Waals surface area contributed by atoms with Crippen LogP contribution in [0, 0.1) is 23.7 Å². The summed E-state index contributed by atoms with van der Waals surface area (Å²) in [6.07, 6.45) is -5.43. The van der Waals surface area contributed by atoms with Crippen molar-refractivity contribution in [1.82, 2.24) is 4.90 Å². The Labute approximate surface area is 263 Å². The standard InChI is InChI=1S/C32H59NO11/c1-12-23-31(7,39)22(13-14-34)32(8,40)26(37)17(2)16-30(6,41-11)27(19(4)24(35)20(5)28(38)43-23)44-29-25(36)21(33(9)10)15-18(3)42-29/h17-23,25-27,29,34,36-37,39-40H,12-16H2,1-11H3/t17-,18-,19+,20?,21+,22+,23-,25-,26?,27-,29+,30-,31+,32?/m1/s1. The number of carbonyl (C=O) groups excluding carboxylic acids is 2. The van der Waals surface area contributed by atoms with Crippen molar-refractivity contribution in [1.29, 1.82) is 0 Å². The summed E-state index contributed by atoms with van der Waals surface area (Å²) in [5, 5.41) is 56.4. The lowest BCUT2D eigenvalue weighted by Crippen LogP contribution is -2.63. The van der Waals surface area contributed by atoms with Crippen LogP contribution < -0.4 is 0 Å². The molecule has 2 aliphatic rings. The number of hydrogen-bond acceptors (Lipinski definition) is 12. The van der Waals surface area contributed by atoms with Crippen LogP contribution >= 0.6 is 0 Å². The van der Waals surface area contributed by atoms with E-state index in [9.17, 15) is 35.1 Å². The molecule has 0 saturated carbocycles. The number of nitrogens with zero attached hydrogens (tertiary/aromatic N) is 1. The Kier molecular flexibility index (Phi) is 13.4. The van der Waals surface area contributed by atoms with Crippen molar-refractivity contribution in [2.24, 2.45) is 23.7 Å². The lowest BCUT2D eigenvalue weighted by Gasteiger charge is -2.50. The van der Waals surface area contributed by atoms with Crippen LogP contribution in [-0.4, -0.2) is 130 Å². The van der Waals surface area contributed by atoms with Gasteiger partial charge in [0.15, 0.2) is 12.1 Å². The molecule has 0 aromatic carbocycles. The average Bonchev–Trinajstić information content (AvgIpc) is 2.95. The number of ether oxygens (including phenoxy) is 4. The molecule has 2 heterocycles. The number of likely N-dealkylation sites (N-methyl/N-ethyl adjacent to an activating group) is 1. The fourth-order valence-corrected chi connectivity index (χ4v) is 7.49. The van der Waals surface area contributed by atoms with Crippen molar-refractivity contribution in [2.75, 3.05) is 27.8 Å². The number of esters is 1. The van der Waals surface area contributed by atoms with Gasteiger partial charge in [-0.3, -0.25) is 9.59 Å². The molecule has 0 amide bonds. The normalized spacial score (nSPS) is 46.9. The highest BCUT2D eigenvalue weighted by atomic mass is 16.7. The minimum absolute atomic E-state index is 0.0720. The Morgan fingerprint density at radius 3 is 2.11 bits per heavy atom. The fourth-order valence-electron chi connectivity index (χ4n) is 7.49. The zero-order chi connectivity index (χ0) is 33.9. The minimum atomic E-state index is -1.95. The highest BCUT2D eigenvalue weighted by molar-refractivity contribution is 6.00. The number of carbonyl (C=O) groups is 2. The molecule has 0 aromatic heterocycles. The zero-order valence-corrected chi connectivity index (χ0v) is 28.5. The third-order valence-electron chi connectivity index (χ3n) is 10.3. The van der Waals surface area contributed by atoms with E-state index in [0.29, 0.717) is 6.42 Å². The van der Waals surface area contributed by atoms with Crippen LogP contribution in [-0.2, 0) is 28.5 Å². The predicted octanol–water partition coefficient (Wildman–Crippen LogP) is 1.27. The first-order valence-corrected chi connectivity index (χ1v) is 15.9. The van der Waals surface area contributed by atoms with Gasteiger partial charge in [-0.1, -0.05) is 20.8 Å². The van der Waals surface area contributed by atoms with Gasteiger partial charge in [0.05, 0.1) is 29.5 Å². The van der Waals surface area contributed by atoms with Gasteiger partial charge in [-0.25, -0.2) is 0 Å². The van der Waals surface area contributed by atoms with Crippen LogP contribution in [0.3, 0.4) is 0 Å². The first-order chi connectivity index (χ1) is 20.2. The van der Waals surface area contributed by atoms with Crippen LogP contribution in [0.2, 0.25) is 0 Å². The van der Waals surface area contributed by atoms with E-state index in [1.54, 1.807) is 27.7 Å². The summed E-state index contributed by atoms with van der Waals surface area (Å²) in [6, 6.07) is -0.283. The third kappa shape index (κ3) is 8.01. The van der Waals surface area contributed by atoms with E-state index in [4.69, 9.17) is 18.9 Å². The molecule has 0 radical (unpaired) electrons. The number of cyclic esters (lactones) is 1. The summed E-state index contributed by atoms with van der Waals surface area (Å²) < 4.78 is 24.3. The largest absolute Gasteiger partial charge is 0.459 e. The first kappa shape index (κ1) is 39.0. The number of methoxy groups -OCH3 is 1. The molecule has 0 spiro atoms. The Morgan fingerprint density at radius 1 is 1.02 bits per heavy atom. The predicted molar refractivity (Wildman–Crippen MR) is 162 cm³/mol. The highest BCUT2D eigenvalue weighted by Gasteiger charge is 2.56. The van der Waals surface area contributed by atoms with E-state index in [0.717, 1.165) is 0 Å². The van der Waals surface area contributed by atoms with Crippen LogP contribution in [0.5, 0.6) is 0 Å². The second-order valence-electron chi connectivity index (χ2n) is 14.0. The van der Waals surface area contributed by atoms with Crippen molar-refractivity contribution < 1.29 is 54.1 Å². The molecule has 2 aliphatic heterocycles. The molecule has 14 atom stereocenters. The van der Waals surface area contributed by atoms with Crippen LogP contribution in [0.25, 0.3) is 0 Å². The Balaban J connectivity index is 2.70. The number of aliphatic hydroxyl groups is 5. The lowest BCUT2D eigenvalue weighted by atomic mass is 9.66. The summed E-state index contributed by atoms with van der Waals surface area (Å²) in [5.41, 5.74) is -5.12. The second-order valence-corrected chi connectivity index (χ2v) is 14.0. The molecule has 2 fully saturated rings. The quantitative estimate of drug-likeness (QED) is 0.201. The van der Waals surface area contributed by atoms with Gasteiger partial charge in [0, 0.05) is 31.6 Å². The molecule has 0 aromatic rings. The number of ketones is 1. The van der Waals surface area contributed by atoms with Crippen LogP contribution in [0.1, 0.15) is 81.1 Å². The van der Waals surface area contributed by atoms with Gasteiger partial charge in [0.25, 0.3) is 0 Å². The zero-order valence-electron chi connectivity index (χ0n) is 28.5. The van der Waals surface area contributed by atoms with Crippen LogP contribution in [0.15, 0.2) is 0 Å². The maximum Gasteiger partial charge on any atom is 0.316 e. The third-order valence-corrected chi connectivity index (χ3v) is 10.3. The molecule has 2 rings (SSSR count). The van der Waals surface area contributed by atoms with Crippen LogP contribution in [0.4, 0.5) is 0 Å². The van der Waals surface area contributed by atoms with E-state index in [1.165, 1.54) is 27.9 Å². The lowest BCUT2D eigenvalue weighted by molar-refractivity contribution is -0.297. The van der Waals surface area contributed by atoms with Gasteiger partial charge < -0.3 is 49.4 Å². The molecule has 12 heteroatoms. The minimum Gasteiger partial charge on any atom is -0.459 e. The molecule has 2 saturated heterocycles. The number of rotatable bonds is 7. The molecule has 5 N–H and O–H groups in total.